The van der Waals surface area contributed by atoms with Crippen molar-refractivity contribution in [1.29, 1.82) is 0 Å². The van der Waals surface area contributed by atoms with Crippen molar-refractivity contribution in [2.75, 3.05) is 26.3 Å². The van der Waals surface area contributed by atoms with E-state index in [1.54, 1.807) is 0 Å². The van der Waals surface area contributed by atoms with E-state index in [0.717, 1.165) is 12.8 Å². The molecule has 0 aromatic heterocycles. The van der Waals surface area contributed by atoms with Gasteiger partial charge in [0, 0.05) is 19.7 Å². The van der Waals surface area contributed by atoms with Crippen LogP contribution in [0, 0.1) is 5.92 Å². The largest absolute Gasteiger partial charge is 0.415 e. The number of halogens is 3. The molecule has 1 rings (SSSR count). The number of rotatable bonds is 8. The van der Waals surface area contributed by atoms with E-state index in [9.17, 15) is 18.3 Å². The van der Waals surface area contributed by atoms with E-state index in [2.05, 4.69) is 5.32 Å². The molecule has 0 saturated heterocycles. The van der Waals surface area contributed by atoms with Gasteiger partial charge in [0.15, 0.2) is 6.10 Å². The van der Waals surface area contributed by atoms with Crippen LogP contribution in [0.15, 0.2) is 0 Å². The zero-order chi connectivity index (χ0) is 12.9. The highest BCUT2D eigenvalue weighted by atomic mass is 19.4. The van der Waals surface area contributed by atoms with Gasteiger partial charge in [0.2, 0.25) is 0 Å². The van der Waals surface area contributed by atoms with Crippen LogP contribution in [0.4, 0.5) is 13.2 Å². The Kier molecular flexibility index (Phi) is 5.64. The summed E-state index contributed by atoms with van der Waals surface area (Å²) in [6.45, 7) is 0.0504. The molecular weight excluding hydrogens is 239 g/mol. The fourth-order valence-electron chi connectivity index (χ4n) is 1.22. The van der Waals surface area contributed by atoms with Gasteiger partial charge in [-0.2, -0.15) is 13.2 Å². The zero-order valence-corrected chi connectivity index (χ0v) is 9.41. The van der Waals surface area contributed by atoms with Crippen LogP contribution in [0.2, 0.25) is 0 Å². The van der Waals surface area contributed by atoms with E-state index < -0.39 is 24.9 Å². The molecule has 0 amide bonds. The van der Waals surface area contributed by atoms with Gasteiger partial charge in [-0.1, -0.05) is 0 Å². The number of nitrogens with one attached hydrogen (secondary N) is 1. The zero-order valence-electron chi connectivity index (χ0n) is 9.41. The third kappa shape index (κ3) is 6.82. The number of aliphatic hydroxyl groups excluding tert-OH is 2. The summed E-state index contributed by atoms with van der Waals surface area (Å²) >= 11 is 0. The molecule has 0 aliphatic heterocycles. The molecule has 0 spiro atoms. The Labute approximate surface area is 97.8 Å². The molecule has 0 aromatic carbocycles. The Morgan fingerprint density at radius 2 is 1.88 bits per heavy atom. The van der Waals surface area contributed by atoms with E-state index >= 15 is 0 Å². The van der Waals surface area contributed by atoms with E-state index in [4.69, 9.17) is 9.84 Å². The predicted octanol–water partition coefficient (Wildman–Crippen LogP) is 0.287. The van der Waals surface area contributed by atoms with Gasteiger partial charge in [0.1, 0.15) is 0 Å². The van der Waals surface area contributed by atoms with Gasteiger partial charge in [-0.05, 0) is 18.8 Å². The molecule has 1 aliphatic carbocycles. The molecular formula is C10H18F3NO3. The molecule has 1 fully saturated rings. The molecule has 102 valence electrons. The smallest absolute Gasteiger partial charge is 0.389 e. The van der Waals surface area contributed by atoms with Crippen molar-refractivity contribution in [3.63, 3.8) is 0 Å². The maximum Gasteiger partial charge on any atom is 0.415 e. The summed E-state index contributed by atoms with van der Waals surface area (Å²) in [5.41, 5.74) is 0. The van der Waals surface area contributed by atoms with E-state index in [0.29, 0.717) is 12.5 Å². The number of hydrogen-bond acceptors (Lipinski definition) is 4. The predicted molar refractivity (Wildman–Crippen MR) is 54.5 cm³/mol. The van der Waals surface area contributed by atoms with Gasteiger partial charge < -0.3 is 20.3 Å². The van der Waals surface area contributed by atoms with Crippen molar-refractivity contribution in [3.8, 4) is 0 Å². The maximum atomic E-state index is 11.9. The van der Waals surface area contributed by atoms with Gasteiger partial charge in [-0.3, -0.25) is 0 Å². The van der Waals surface area contributed by atoms with Crippen LogP contribution in [-0.4, -0.2) is 54.9 Å². The van der Waals surface area contributed by atoms with Gasteiger partial charge in [0.25, 0.3) is 0 Å². The molecule has 2 atom stereocenters. The molecule has 17 heavy (non-hydrogen) atoms. The van der Waals surface area contributed by atoms with Gasteiger partial charge >= 0.3 is 6.18 Å². The third-order valence-corrected chi connectivity index (χ3v) is 2.46. The highest BCUT2D eigenvalue weighted by molar-refractivity contribution is 4.73. The number of aliphatic hydroxyl groups is 2. The third-order valence-electron chi connectivity index (χ3n) is 2.46. The lowest BCUT2D eigenvalue weighted by Crippen LogP contribution is -2.41. The van der Waals surface area contributed by atoms with Crippen molar-refractivity contribution < 1.29 is 28.1 Å². The first-order valence-corrected chi connectivity index (χ1v) is 5.61. The molecule has 2 unspecified atom stereocenters. The molecule has 0 bridgehead atoms. The molecule has 7 heteroatoms. The first-order chi connectivity index (χ1) is 7.89. The number of hydrogen-bond donors (Lipinski definition) is 3. The quantitative estimate of drug-likeness (QED) is 0.585. The van der Waals surface area contributed by atoms with Crippen molar-refractivity contribution >= 4 is 0 Å². The average Bonchev–Trinajstić information content (AvgIpc) is 3.00. The van der Waals surface area contributed by atoms with Crippen LogP contribution in [0.5, 0.6) is 0 Å². The Hall–Kier alpha value is -0.370. The minimum absolute atomic E-state index is 0.0300. The van der Waals surface area contributed by atoms with E-state index in [-0.39, 0.29) is 13.2 Å². The van der Waals surface area contributed by atoms with Crippen LogP contribution in [0.25, 0.3) is 0 Å². The van der Waals surface area contributed by atoms with Gasteiger partial charge in [0.05, 0.1) is 12.7 Å². The normalized spacial score (nSPS) is 20.3. The number of ether oxygens (including phenoxy) is 1. The molecule has 4 nitrogen and oxygen atoms in total. The van der Waals surface area contributed by atoms with Crippen molar-refractivity contribution in [1.82, 2.24) is 5.32 Å². The highest BCUT2D eigenvalue weighted by Gasteiger charge is 2.37. The topological polar surface area (TPSA) is 61.7 Å². The van der Waals surface area contributed by atoms with Crippen LogP contribution < -0.4 is 5.32 Å². The van der Waals surface area contributed by atoms with Gasteiger partial charge in [-0.25, -0.2) is 0 Å². The highest BCUT2D eigenvalue weighted by Crippen LogP contribution is 2.28. The summed E-state index contributed by atoms with van der Waals surface area (Å²) in [5, 5.41) is 20.3. The Bertz CT molecular complexity index is 221. The second-order valence-corrected chi connectivity index (χ2v) is 4.35. The van der Waals surface area contributed by atoms with Gasteiger partial charge in [-0.15, -0.1) is 0 Å². The molecule has 0 aromatic rings. The van der Waals surface area contributed by atoms with Crippen LogP contribution in [0.1, 0.15) is 12.8 Å². The van der Waals surface area contributed by atoms with E-state index in [1.807, 2.05) is 0 Å². The molecule has 1 aliphatic rings. The Balaban J connectivity index is 1.96. The molecule has 0 heterocycles. The second kappa shape index (κ2) is 6.53. The summed E-state index contributed by atoms with van der Waals surface area (Å²) in [7, 11) is 0. The minimum atomic E-state index is -4.62. The van der Waals surface area contributed by atoms with Crippen molar-refractivity contribution in [3.05, 3.63) is 0 Å². The molecule has 0 radical (unpaired) electrons. The van der Waals surface area contributed by atoms with Crippen LogP contribution in [0.3, 0.4) is 0 Å². The minimum Gasteiger partial charge on any atom is -0.389 e. The summed E-state index contributed by atoms with van der Waals surface area (Å²) in [5.74, 6) is 0.585. The second-order valence-electron chi connectivity index (χ2n) is 4.35. The maximum absolute atomic E-state index is 11.9. The monoisotopic (exact) mass is 257 g/mol. The summed E-state index contributed by atoms with van der Waals surface area (Å²) in [6.07, 6.45) is -5.59. The fourth-order valence-corrected chi connectivity index (χ4v) is 1.22. The Morgan fingerprint density at radius 3 is 2.41 bits per heavy atom. The summed E-state index contributed by atoms with van der Waals surface area (Å²) < 4.78 is 40.9. The molecule has 3 N–H and O–H groups in total. The number of alkyl halides is 3. The summed E-state index contributed by atoms with van der Waals surface area (Å²) in [4.78, 5) is 0. The fraction of sp³-hybridized carbons (Fsp3) is 1.00. The lowest BCUT2D eigenvalue weighted by atomic mass is 10.3. The van der Waals surface area contributed by atoms with Crippen LogP contribution >= 0.6 is 0 Å². The van der Waals surface area contributed by atoms with Crippen molar-refractivity contribution in [2.45, 2.75) is 31.2 Å². The Morgan fingerprint density at radius 1 is 1.24 bits per heavy atom. The lowest BCUT2D eigenvalue weighted by molar-refractivity contribution is -0.202. The van der Waals surface area contributed by atoms with E-state index in [1.165, 1.54) is 0 Å². The average molecular weight is 257 g/mol. The van der Waals surface area contributed by atoms with Crippen LogP contribution in [-0.2, 0) is 4.74 Å². The first kappa shape index (κ1) is 14.7. The SMILES string of the molecule is OC(CNCC(O)C(F)(F)F)COCC1CC1. The molecule has 1 saturated carbocycles. The van der Waals surface area contributed by atoms with Crippen molar-refractivity contribution in [2.24, 2.45) is 5.92 Å². The summed E-state index contributed by atoms with van der Waals surface area (Å²) in [6, 6.07) is 0. The first-order valence-electron chi connectivity index (χ1n) is 5.61. The lowest BCUT2D eigenvalue weighted by Gasteiger charge is -2.17. The standard InChI is InChI=1S/C10H18F3NO3/c11-10(12,13)9(16)4-14-3-8(15)6-17-5-7-1-2-7/h7-9,14-16H,1-6H2.